The summed E-state index contributed by atoms with van der Waals surface area (Å²) in [6, 6.07) is 8.35. The van der Waals surface area contributed by atoms with Crippen molar-refractivity contribution in [3.05, 3.63) is 41.7 Å². The molecule has 8 heteroatoms. The Kier molecular flexibility index (Phi) is 4.89. The highest BCUT2D eigenvalue weighted by atomic mass is 16.7. The molecule has 2 aliphatic rings. The predicted molar refractivity (Wildman–Crippen MR) is 99.6 cm³/mol. The molecule has 0 fully saturated rings. The minimum absolute atomic E-state index is 0.0660. The van der Waals surface area contributed by atoms with Gasteiger partial charge < -0.3 is 19.7 Å². The Hall–Kier alpha value is -2.74. The molecule has 2 aliphatic heterocycles. The van der Waals surface area contributed by atoms with Gasteiger partial charge in [-0.15, -0.1) is 0 Å². The van der Waals surface area contributed by atoms with Gasteiger partial charge in [-0.25, -0.2) is 4.79 Å². The third-order valence-corrected chi connectivity index (χ3v) is 4.96. The maximum atomic E-state index is 11.7. The van der Waals surface area contributed by atoms with Gasteiger partial charge in [0, 0.05) is 46.5 Å². The number of fused-ring (bicyclic) bond motifs is 2. The van der Waals surface area contributed by atoms with Gasteiger partial charge in [-0.2, -0.15) is 5.10 Å². The largest absolute Gasteiger partial charge is 0.454 e. The molecule has 0 aliphatic carbocycles. The predicted octanol–water partition coefficient (Wildman–Crippen LogP) is 1.83. The molecule has 2 amide bonds. The fourth-order valence-electron chi connectivity index (χ4n) is 3.60. The average molecular weight is 371 g/mol. The van der Waals surface area contributed by atoms with Gasteiger partial charge in [-0.1, -0.05) is 6.07 Å². The van der Waals surface area contributed by atoms with E-state index in [-0.39, 0.29) is 12.1 Å². The number of nitrogens with one attached hydrogen (secondary N) is 1. The van der Waals surface area contributed by atoms with Crippen molar-refractivity contribution in [1.29, 1.82) is 0 Å². The monoisotopic (exact) mass is 371 g/mol. The molecule has 0 saturated heterocycles. The summed E-state index contributed by atoms with van der Waals surface area (Å²) in [5.41, 5.74) is 2.40. The zero-order valence-corrected chi connectivity index (χ0v) is 15.7. The van der Waals surface area contributed by atoms with Crippen molar-refractivity contribution in [3.63, 3.8) is 0 Å². The highest BCUT2D eigenvalue weighted by Crippen LogP contribution is 2.33. The van der Waals surface area contributed by atoms with Crippen LogP contribution in [0.3, 0.4) is 0 Å². The average Bonchev–Trinajstić information content (AvgIpc) is 3.29. The summed E-state index contributed by atoms with van der Waals surface area (Å²) in [4.78, 5) is 15.7. The molecule has 0 bridgehead atoms. The van der Waals surface area contributed by atoms with Gasteiger partial charge in [0.15, 0.2) is 11.5 Å². The molecule has 0 radical (unpaired) electrons. The number of nitrogens with zero attached hydrogens (tertiary/aromatic N) is 4. The Bertz CT molecular complexity index is 819. The second-order valence-electron chi connectivity index (χ2n) is 7.19. The van der Waals surface area contributed by atoms with Crippen molar-refractivity contribution in [2.75, 3.05) is 34.0 Å². The van der Waals surface area contributed by atoms with Crippen LogP contribution in [0.25, 0.3) is 0 Å². The van der Waals surface area contributed by atoms with Crippen LogP contribution in [0.1, 0.15) is 23.7 Å². The molecule has 1 unspecified atom stereocenters. The van der Waals surface area contributed by atoms with Gasteiger partial charge in [0.1, 0.15) is 0 Å². The Morgan fingerprint density at radius 3 is 3.00 bits per heavy atom. The first-order chi connectivity index (χ1) is 13.1. The number of urea groups is 1. The highest BCUT2D eigenvalue weighted by molar-refractivity contribution is 5.73. The molecule has 0 spiro atoms. The summed E-state index contributed by atoms with van der Waals surface area (Å²) in [7, 11) is 3.49. The number of carbonyl (C=O) groups excluding carboxylic acids is 1. The molecule has 4 rings (SSSR count). The molecular formula is C19H25N5O3. The first-order valence-electron chi connectivity index (χ1n) is 9.18. The number of rotatable bonds is 5. The van der Waals surface area contributed by atoms with Crippen molar-refractivity contribution < 1.29 is 14.3 Å². The third-order valence-electron chi connectivity index (χ3n) is 4.96. The SMILES string of the molecule is CN(C)C(=O)NCCC1CN(Cc2ccc3c(c2)OCO3)Cc2ccnn21. The molecule has 0 saturated carbocycles. The second-order valence-corrected chi connectivity index (χ2v) is 7.19. The first-order valence-corrected chi connectivity index (χ1v) is 9.18. The summed E-state index contributed by atoms with van der Waals surface area (Å²) < 4.78 is 13.0. The number of aromatic nitrogens is 2. The van der Waals surface area contributed by atoms with Crippen LogP contribution in [0, 0.1) is 0 Å². The van der Waals surface area contributed by atoms with E-state index in [9.17, 15) is 4.79 Å². The van der Waals surface area contributed by atoms with E-state index >= 15 is 0 Å². The van der Waals surface area contributed by atoms with Gasteiger partial charge in [0.05, 0.1) is 11.7 Å². The zero-order chi connectivity index (χ0) is 18.8. The minimum Gasteiger partial charge on any atom is -0.454 e. The fourth-order valence-corrected chi connectivity index (χ4v) is 3.60. The van der Waals surface area contributed by atoms with Crippen LogP contribution in [-0.4, -0.2) is 59.6 Å². The number of amides is 2. The van der Waals surface area contributed by atoms with Crippen molar-refractivity contribution in [2.24, 2.45) is 0 Å². The van der Waals surface area contributed by atoms with Crippen LogP contribution in [0.15, 0.2) is 30.5 Å². The number of carbonyl (C=O) groups is 1. The molecular weight excluding hydrogens is 346 g/mol. The van der Waals surface area contributed by atoms with Gasteiger partial charge >= 0.3 is 6.03 Å². The molecule has 8 nitrogen and oxygen atoms in total. The Balaban J connectivity index is 1.41. The lowest BCUT2D eigenvalue weighted by atomic mass is 10.1. The fraction of sp³-hybridized carbons (Fsp3) is 0.474. The van der Waals surface area contributed by atoms with Crippen molar-refractivity contribution >= 4 is 6.03 Å². The summed E-state index contributed by atoms with van der Waals surface area (Å²) in [6.45, 7) is 3.50. The maximum absolute atomic E-state index is 11.7. The molecule has 3 heterocycles. The quantitative estimate of drug-likeness (QED) is 0.868. The summed E-state index contributed by atoms with van der Waals surface area (Å²) in [5, 5.41) is 7.43. The summed E-state index contributed by atoms with van der Waals surface area (Å²) >= 11 is 0. The van der Waals surface area contributed by atoms with E-state index in [0.29, 0.717) is 13.3 Å². The van der Waals surface area contributed by atoms with E-state index in [1.165, 1.54) is 11.3 Å². The summed E-state index contributed by atoms with van der Waals surface area (Å²) in [6.07, 6.45) is 2.69. The van der Waals surface area contributed by atoms with Gasteiger partial charge in [-0.05, 0) is 30.2 Å². The standard InChI is InChI=1S/C19H25N5O3/c1-22(2)19(25)20-7-5-15-11-23(12-16-6-8-21-24(15)16)10-14-3-4-17-18(9-14)27-13-26-17/h3-4,6,8-9,15H,5,7,10-13H2,1-2H3,(H,20,25). The number of hydrogen-bond donors (Lipinski definition) is 1. The van der Waals surface area contributed by atoms with Crippen LogP contribution < -0.4 is 14.8 Å². The van der Waals surface area contributed by atoms with E-state index < -0.39 is 0 Å². The number of hydrogen-bond acceptors (Lipinski definition) is 5. The number of ether oxygens (including phenoxy) is 2. The lowest BCUT2D eigenvalue weighted by molar-refractivity contribution is 0.160. The third kappa shape index (κ3) is 3.85. The second kappa shape index (κ2) is 7.48. The molecule has 1 aromatic heterocycles. The van der Waals surface area contributed by atoms with Crippen LogP contribution in [0.2, 0.25) is 0 Å². The van der Waals surface area contributed by atoms with Gasteiger partial charge in [0.25, 0.3) is 0 Å². The lowest BCUT2D eigenvalue weighted by Gasteiger charge is -2.34. The Morgan fingerprint density at radius 1 is 1.30 bits per heavy atom. The maximum Gasteiger partial charge on any atom is 0.316 e. The van der Waals surface area contributed by atoms with Gasteiger partial charge in [-0.3, -0.25) is 9.58 Å². The Labute approximate surface area is 158 Å². The van der Waals surface area contributed by atoms with Gasteiger partial charge in [0.2, 0.25) is 6.79 Å². The van der Waals surface area contributed by atoms with Crippen molar-refractivity contribution in [2.45, 2.75) is 25.6 Å². The lowest BCUT2D eigenvalue weighted by Crippen LogP contribution is -2.40. The molecule has 1 N–H and O–H groups in total. The molecule has 1 atom stereocenters. The van der Waals surface area contributed by atoms with E-state index in [2.05, 4.69) is 38.2 Å². The van der Waals surface area contributed by atoms with E-state index in [4.69, 9.17) is 9.47 Å². The molecule has 144 valence electrons. The normalized spacial score (nSPS) is 18.2. The van der Waals surface area contributed by atoms with Crippen molar-refractivity contribution in [1.82, 2.24) is 24.9 Å². The van der Waals surface area contributed by atoms with Crippen LogP contribution in [-0.2, 0) is 13.1 Å². The topological polar surface area (TPSA) is 71.9 Å². The molecule has 1 aromatic carbocycles. The first kappa shape index (κ1) is 17.7. The molecule has 27 heavy (non-hydrogen) atoms. The number of benzene rings is 1. The van der Waals surface area contributed by atoms with Crippen LogP contribution in [0.5, 0.6) is 11.5 Å². The summed E-state index contributed by atoms with van der Waals surface area (Å²) in [5.74, 6) is 1.63. The van der Waals surface area contributed by atoms with Crippen molar-refractivity contribution in [3.8, 4) is 11.5 Å². The van der Waals surface area contributed by atoms with E-state index in [1.807, 2.05) is 12.3 Å². The zero-order valence-electron chi connectivity index (χ0n) is 15.7. The van der Waals surface area contributed by atoms with E-state index in [1.54, 1.807) is 19.0 Å². The highest BCUT2D eigenvalue weighted by Gasteiger charge is 2.26. The Morgan fingerprint density at radius 2 is 2.15 bits per heavy atom. The van der Waals surface area contributed by atoms with Crippen LogP contribution >= 0.6 is 0 Å². The van der Waals surface area contributed by atoms with Crippen LogP contribution in [0.4, 0.5) is 4.79 Å². The minimum atomic E-state index is -0.0660. The molecule has 2 aromatic rings. The smallest absolute Gasteiger partial charge is 0.316 e. The van der Waals surface area contributed by atoms with E-state index in [0.717, 1.165) is 37.6 Å².